The number of nitrogens with zero attached hydrogens (tertiary/aromatic N) is 2. The summed E-state index contributed by atoms with van der Waals surface area (Å²) in [6.45, 7) is 5.79. The van der Waals surface area contributed by atoms with E-state index in [1.807, 2.05) is 67.8 Å². The van der Waals surface area contributed by atoms with Crippen molar-refractivity contribution in [3.63, 3.8) is 0 Å². The van der Waals surface area contributed by atoms with Crippen molar-refractivity contribution in [2.24, 2.45) is 0 Å². The SMILES string of the molecule is Cc1noc(C)c1-c1ccc2[nH]c(=O)n3c2c1OC(C)C3c1ccccc1. The summed E-state index contributed by atoms with van der Waals surface area (Å²) in [6, 6.07) is 13.7. The van der Waals surface area contributed by atoms with E-state index in [4.69, 9.17) is 9.26 Å². The van der Waals surface area contributed by atoms with Crippen molar-refractivity contribution in [3.8, 4) is 16.9 Å². The van der Waals surface area contributed by atoms with Crippen molar-refractivity contribution < 1.29 is 9.26 Å². The van der Waals surface area contributed by atoms with Gasteiger partial charge in [-0.25, -0.2) is 4.79 Å². The number of benzene rings is 2. The van der Waals surface area contributed by atoms with Crippen molar-refractivity contribution >= 4 is 11.0 Å². The van der Waals surface area contributed by atoms with Gasteiger partial charge in [0, 0.05) is 5.56 Å². The first-order valence-corrected chi connectivity index (χ1v) is 8.98. The van der Waals surface area contributed by atoms with Crippen LogP contribution >= 0.6 is 0 Å². The predicted molar refractivity (Wildman–Crippen MR) is 102 cm³/mol. The molecule has 1 aliphatic rings. The summed E-state index contributed by atoms with van der Waals surface area (Å²) in [4.78, 5) is 15.8. The molecule has 0 radical (unpaired) electrons. The molecule has 5 rings (SSSR count). The van der Waals surface area contributed by atoms with Gasteiger partial charge in [0.25, 0.3) is 0 Å². The smallest absolute Gasteiger partial charge is 0.327 e. The molecule has 0 saturated heterocycles. The Labute approximate surface area is 155 Å². The van der Waals surface area contributed by atoms with E-state index < -0.39 is 0 Å². The summed E-state index contributed by atoms with van der Waals surface area (Å²) < 4.78 is 13.6. The van der Waals surface area contributed by atoms with Gasteiger partial charge in [0.1, 0.15) is 23.4 Å². The van der Waals surface area contributed by atoms with E-state index in [2.05, 4.69) is 10.1 Å². The van der Waals surface area contributed by atoms with Crippen molar-refractivity contribution in [2.75, 3.05) is 0 Å². The minimum Gasteiger partial charge on any atom is -0.485 e. The number of H-pyrrole nitrogens is 1. The first-order chi connectivity index (χ1) is 13.1. The predicted octanol–water partition coefficient (Wildman–Crippen LogP) is 3.97. The Morgan fingerprint density at radius 2 is 1.89 bits per heavy atom. The number of nitrogens with one attached hydrogen (secondary N) is 1. The molecule has 0 aliphatic carbocycles. The van der Waals surface area contributed by atoms with Gasteiger partial charge in [-0.05, 0) is 38.5 Å². The van der Waals surface area contributed by atoms with E-state index in [-0.39, 0.29) is 17.8 Å². The Kier molecular flexibility index (Phi) is 3.31. The van der Waals surface area contributed by atoms with Crippen LogP contribution in [-0.2, 0) is 0 Å². The quantitative estimate of drug-likeness (QED) is 0.586. The largest absolute Gasteiger partial charge is 0.485 e. The van der Waals surface area contributed by atoms with E-state index in [0.29, 0.717) is 5.75 Å². The zero-order chi connectivity index (χ0) is 18.7. The second kappa shape index (κ2) is 5.61. The molecule has 6 heteroatoms. The molecule has 2 unspecified atom stereocenters. The Morgan fingerprint density at radius 1 is 1.11 bits per heavy atom. The van der Waals surface area contributed by atoms with Crippen LogP contribution in [-0.4, -0.2) is 20.8 Å². The maximum Gasteiger partial charge on any atom is 0.327 e. The molecule has 2 aromatic heterocycles. The van der Waals surface area contributed by atoms with E-state index in [0.717, 1.165) is 39.2 Å². The van der Waals surface area contributed by atoms with Crippen molar-refractivity contribution in [2.45, 2.75) is 32.9 Å². The molecular weight excluding hydrogens is 342 g/mol. The fourth-order valence-corrected chi connectivity index (χ4v) is 4.17. The summed E-state index contributed by atoms with van der Waals surface area (Å²) in [5.74, 6) is 1.42. The molecule has 0 bridgehead atoms. The van der Waals surface area contributed by atoms with Gasteiger partial charge < -0.3 is 14.2 Å². The van der Waals surface area contributed by atoms with Crippen molar-refractivity contribution in [1.29, 1.82) is 0 Å². The number of aryl methyl sites for hydroxylation is 2. The van der Waals surface area contributed by atoms with Crippen LogP contribution in [0.1, 0.15) is 30.0 Å². The number of hydrogen-bond acceptors (Lipinski definition) is 4. The van der Waals surface area contributed by atoms with E-state index in [1.54, 1.807) is 0 Å². The summed E-state index contributed by atoms with van der Waals surface area (Å²) in [7, 11) is 0. The number of aromatic amines is 1. The van der Waals surface area contributed by atoms with Crippen LogP contribution in [0.15, 0.2) is 51.8 Å². The third-order valence-corrected chi connectivity index (χ3v) is 5.30. The van der Waals surface area contributed by atoms with Crippen LogP contribution in [0.5, 0.6) is 5.75 Å². The van der Waals surface area contributed by atoms with Crippen LogP contribution in [0.4, 0.5) is 0 Å². The number of imidazole rings is 1. The highest BCUT2D eigenvalue weighted by molar-refractivity contribution is 5.92. The van der Waals surface area contributed by atoms with Gasteiger partial charge in [0.2, 0.25) is 0 Å². The zero-order valence-electron chi connectivity index (χ0n) is 15.3. The highest BCUT2D eigenvalue weighted by Gasteiger charge is 2.34. The molecule has 1 aliphatic heterocycles. The maximum absolute atomic E-state index is 12.8. The van der Waals surface area contributed by atoms with Crippen LogP contribution in [0.2, 0.25) is 0 Å². The fraction of sp³-hybridized carbons (Fsp3) is 0.238. The summed E-state index contributed by atoms with van der Waals surface area (Å²) in [5.41, 5.74) is 5.06. The summed E-state index contributed by atoms with van der Waals surface area (Å²) in [6.07, 6.45) is -0.210. The first-order valence-electron chi connectivity index (χ1n) is 8.98. The second-order valence-electron chi connectivity index (χ2n) is 7.02. The zero-order valence-corrected chi connectivity index (χ0v) is 15.3. The van der Waals surface area contributed by atoms with Gasteiger partial charge in [-0.3, -0.25) is 4.57 Å². The molecule has 3 heterocycles. The van der Waals surface area contributed by atoms with Crippen molar-refractivity contribution in [3.05, 3.63) is 70.0 Å². The van der Waals surface area contributed by atoms with Gasteiger partial charge in [0.05, 0.1) is 16.8 Å². The lowest BCUT2D eigenvalue weighted by Gasteiger charge is -2.32. The van der Waals surface area contributed by atoms with Crippen LogP contribution in [0, 0.1) is 13.8 Å². The normalized spacial score (nSPS) is 18.6. The number of ether oxygens (including phenoxy) is 1. The molecule has 27 heavy (non-hydrogen) atoms. The molecule has 0 spiro atoms. The molecule has 0 amide bonds. The molecule has 0 fully saturated rings. The van der Waals surface area contributed by atoms with Gasteiger partial charge in [0.15, 0.2) is 5.75 Å². The molecule has 2 atom stereocenters. The van der Waals surface area contributed by atoms with E-state index in [1.165, 1.54) is 0 Å². The molecule has 1 N–H and O–H groups in total. The lowest BCUT2D eigenvalue weighted by Crippen LogP contribution is -2.36. The third kappa shape index (κ3) is 2.19. The molecular formula is C21H19N3O3. The monoisotopic (exact) mass is 361 g/mol. The van der Waals surface area contributed by atoms with Crippen LogP contribution < -0.4 is 10.4 Å². The Hall–Kier alpha value is -3.28. The van der Waals surface area contributed by atoms with Crippen LogP contribution in [0.3, 0.4) is 0 Å². The van der Waals surface area contributed by atoms with Gasteiger partial charge in [-0.2, -0.15) is 0 Å². The van der Waals surface area contributed by atoms with E-state index in [9.17, 15) is 4.79 Å². The number of hydrogen-bond donors (Lipinski definition) is 1. The number of rotatable bonds is 2. The Morgan fingerprint density at radius 3 is 2.59 bits per heavy atom. The summed E-state index contributed by atoms with van der Waals surface area (Å²) >= 11 is 0. The van der Waals surface area contributed by atoms with Crippen LogP contribution in [0.25, 0.3) is 22.2 Å². The first kappa shape index (κ1) is 15.9. The van der Waals surface area contributed by atoms with Crippen molar-refractivity contribution in [1.82, 2.24) is 14.7 Å². The Balaban J connectivity index is 1.84. The molecule has 6 nitrogen and oxygen atoms in total. The summed E-state index contributed by atoms with van der Waals surface area (Å²) in [5, 5.41) is 4.07. The molecule has 136 valence electrons. The average Bonchev–Trinajstić information content (AvgIpc) is 3.17. The van der Waals surface area contributed by atoms with Gasteiger partial charge in [-0.1, -0.05) is 35.5 Å². The maximum atomic E-state index is 12.8. The topological polar surface area (TPSA) is 73.0 Å². The average molecular weight is 361 g/mol. The number of aromatic nitrogens is 3. The highest BCUT2D eigenvalue weighted by atomic mass is 16.5. The molecule has 0 saturated carbocycles. The standard InChI is InChI=1S/C21H19N3O3/c1-11-17(12(2)27-23-11)15-9-10-16-19-20(15)26-13(3)18(24(19)21(25)22-16)14-7-5-4-6-8-14/h4-10,13,18H,1-3H3,(H,22,25). The lowest BCUT2D eigenvalue weighted by atomic mass is 9.97. The minimum atomic E-state index is -0.210. The molecule has 2 aromatic carbocycles. The fourth-order valence-electron chi connectivity index (χ4n) is 4.17. The van der Waals surface area contributed by atoms with E-state index >= 15 is 0 Å². The second-order valence-corrected chi connectivity index (χ2v) is 7.02. The lowest BCUT2D eigenvalue weighted by molar-refractivity contribution is 0.162. The molecule has 4 aromatic rings. The van der Waals surface area contributed by atoms with Gasteiger partial charge in [-0.15, -0.1) is 0 Å². The third-order valence-electron chi connectivity index (χ3n) is 5.30. The van der Waals surface area contributed by atoms with Gasteiger partial charge >= 0.3 is 5.69 Å². The highest BCUT2D eigenvalue weighted by Crippen LogP contribution is 2.44. The Bertz CT molecular complexity index is 1200. The minimum absolute atomic E-state index is 0.133.